The molecule has 1 heterocycles. The summed E-state index contributed by atoms with van der Waals surface area (Å²) >= 11 is 5.19. The molecule has 2 nitrogen and oxygen atoms in total. The van der Waals surface area contributed by atoms with Gasteiger partial charge in [-0.1, -0.05) is 16.8 Å². The Bertz CT molecular complexity index is 114. The van der Waals surface area contributed by atoms with Gasteiger partial charge in [0.1, 0.15) is 6.26 Å². The summed E-state index contributed by atoms with van der Waals surface area (Å²) in [6.45, 7) is 0. The molecule has 1 aromatic heterocycles. The van der Waals surface area contributed by atoms with Crippen molar-refractivity contribution in [1.29, 1.82) is 0 Å². The Morgan fingerprint density at radius 1 is 2.00 bits per heavy atom. The maximum Gasteiger partial charge on any atom is 0.180 e. The normalized spacial score (nSPS) is 8.83. The highest BCUT2D eigenvalue weighted by Gasteiger charge is 1.82. The Labute approximate surface area is 39.7 Å². The van der Waals surface area contributed by atoms with Gasteiger partial charge in [0.2, 0.25) is 0 Å². The zero-order chi connectivity index (χ0) is 4.41. The summed E-state index contributed by atoms with van der Waals surface area (Å²) in [7, 11) is 0. The van der Waals surface area contributed by atoms with Crippen molar-refractivity contribution in [2.24, 2.45) is 0 Å². The third-order valence-electron chi connectivity index (χ3n) is 0.364. The molecule has 1 aromatic rings. The van der Waals surface area contributed by atoms with Crippen LogP contribution in [0.1, 0.15) is 0 Å². The van der Waals surface area contributed by atoms with E-state index in [1.54, 1.807) is 0 Å². The third-order valence-corrected chi connectivity index (χ3v) is 0.542. The smallest absolute Gasteiger partial charge is 0.180 e. The molecule has 1 rings (SSSR count). The molecule has 1 radical (unpaired) electrons. The molecule has 0 aliphatic carbocycles. The Morgan fingerprint density at radius 2 is 2.83 bits per heavy atom. The molecule has 0 aromatic carbocycles. The summed E-state index contributed by atoms with van der Waals surface area (Å²) in [5.41, 5.74) is 0. The van der Waals surface area contributed by atoms with Crippen molar-refractivity contribution in [2.45, 2.75) is 0 Å². The van der Waals surface area contributed by atoms with Gasteiger partial charge < -0.3 is 4.52 Å². The number of aromatic nitrogens is 1. The Hall–Kier alpha value is -0.500. The summed E-state index contributed by atoms with van der Waals surface area (Å²) in [5.74, 6) is 0. The van der Waals surface area contributed by atoms with E-state index in [-0.39, 0.29) is 5.15 Å². The number of hydrogen-bond donors (Lipinski definition) is 0. The highest BCUT2D eigenvalue weighted by Crippen LogP contribution is 1.98. The quantitative estimate of drug-likeness (QED) is 0.491. The van der Waals surface area contributed by atoms with Crippen molar-refractivity contribution >= 4 is 11.6 Å². The van der Waals surface area contributed by atoms with Gasteiger partial charge in [-0.15, -0.1) is 0 Å². The van der Waals surface area contributed by atoms with Gasteiger partial charge in [0, 0.05) is 0 Å². The average Bonchev–Trinajstić information content (AvgIpc) is 1.86. The van der Waals surface area contributed by atoms with E-state index >= 15 is 0 Å². The maximum absolute atomic E-state index is 5.19. The van der Waals surface area contributed by atoms with Crippen molar-refractivity contribution in [3.63, 3.8) is 0 Å². The predicted octanol–water partition coefficient (Wildman–Crippen LogP) is 1.13. The summed E-state index contributed by atoms with van der Waals surface area (Å²) < 4.78 is 4.28. The lowest BCUT2D eigenvalue weighted by Gasteiger charge is -1.58. The first kappa shape index (κ1) is 3.68. The number of halogens is 1. The van der Waals surface area contributed by atoms with Crippen LogP contribution in [0.4, 0.5) is 0 Å². The highest BCUT2D eigenvalue weighted by molar-refractivity contribution is 6.29. The first-order chi connectivity index (χ1) is 2.89. The van der Waals surface area contributed by atoms with Crippen LogP contribution >= 0.6 is 11.6 Å². The van der Waals surface area contributed by atoms with Gasteiger partial charge in [0.05, 0.1) is 6.07 Å². The van der Waals surface area contributed by atoms with Gasteiger partial charge in [0.15, 0.2) is 5.15 Å². The number of hydrogen-bond acceptors (Lipinski definition) is 2. The van der Waals surface area contributed by atoms with E-state index in [0.29, 0.717) is 0 Å². The van der Waals surface area contributed by atoms with E-state index in [1.807, 2.05) is 0 Å². The Morgan fingerprint density at radius 3 is 3.00 bits per heavy atom. The van der Waals surface area contributed by atoms with E-state index in [1.165, 1.54) is 6.26 Å². The van der Waals surface area contributed by atoms with Crippen LogP contribution in [0.25, 0.3) is 0 Å². The van der Waals surface area contributed by atoms with Gasteiger partial charge in [-0.05, 0) is 0 Å². The molecule has 31 valence electrons. The van der Waals surface area contributed by atoms with E-state index < -0.39 is 0 Å². The molecule has 0 atom stereocenters. The molecule has 0 unspecified atom stereocenters. The number of nitrogens with zero attached hydrogens (tertiary/aromatic N) is 1. The first-order valence-corrected chi connectivity index (χ1v) is 1.75. The second-order valence-corrected chi connectivity index (χ2v) is 1.11. The fourth-order valence-corrected chi connectivity index (χ4v) is 0.258. The monoisotopic (exact) mass is 102 g/mol. The molecule has 0 N–H and O–H groups in total. The lowest BCUT2D eigenvalue weighted by atomic mass is 10.8. The summed E-state index contributed by atoms with van der Waals surface area (Å²) in [5, 5.41) is 3.52. The molecule has 0 bridgehead atoms. The van der Waals surface area contributed by atoms with Gasteiger partial charge in [-0.3, -0.25) is 0 Å². The van der Waals surface area contributed by atoms with E-state index in [0.717, 1.165) is 0 Å². The van der Waals surface area contributed by atoms with Crippen LogP contribution in [0, 0.1) is 6.07 Å². The predicted molar refractivity (Wildman–Crippen MR) is 20.3 cm³/mol. The van der Waals surface area contributed by atoms with Gasteiger partial charge >= 0.3 is 0 Å². The largest absolute Gasteiger partial charge is 0.363 e. The van der Waals surface area contributed by atoms with E-state index in [2.05, 4.69) is 15.7 Å². The average molecular weight is 102 g/mol. The lowest BCUT2D eigenvalue weighted by Crippen LogP contribution is -1.50. The molecule has 0 aliphatic rings. The van der Waals surface area contributed by atoms with Crippen molar-refractivity contribution in [2.75, 3.05) is 0 Å². The van der Waals surface area contributed by atoms with Crippen LogP contribution in [0.3, 0.4) is 0 Å². The minimum Gasteiger partial charge on any atom is -0.363 e. The maximum atomic E-state index is 5.19. The molecule has 0 aliphatic heterocycles. The molecular formula is C3HClNO. The van der Waals surface area contributed by atoms with Gasteiger partial charge in [-0.25, -0.2) is 0 Å². The Kier molecular flexibility index (Phi) is 0.801. The Balaban J connectivity index is 3.05. The van der Waals surface area contributed by atoms with Gasteiger partial charge in [-0.2, -0.15) is 0 Å². The fourth-order valence-electron chi connectivity index (χ4n) is 0.174. The zero-order valence-corrected chi connectivity index (χ0v) is 3.57. The SMILES string of the molecule is Clc1[c]con1. The molecule has 3 heteroatoms. The van der Waals surface area contributed by atoms with E-state index in [9.17, 15) is 0 Å². The second-order valence-electron chi connectivity index (χ2n) is 0.750. The highest BCUT2D eigenvalue weighted by atomic mass is 35.5. The van der Waals surface area contributed by atoms with Crippen molar-refractivity contribution < 1.29 is 4.52 Å². The molecule has 0 saturated heterocycles. The molecular weight excluding hydrogens is 101 g/mol. The van der Waals surface area contributed by atoms with Crippen molar-refractivity contribution in [1.82, 2.24) is 5.16 Å². The van der Waals surface area contributed by atoms with Crippen LogP contribution in [-0.4, -0.2) is 5.16 Å². The topological polar surface area (TPSA) is 26.0 Å². The standard InChI is InChI=1S/C3HClNO/c4-3-1-2-6-5-3/h2H. The summed E-state index contributed by atoms with van der Waals surface area (Å²) in [4.78, 5) is 0. The minimum absolute atomic E-state index is 0.273. The molecule has 6 heavy (non-hydrogen) atoms. The first-order valence-electron chi connectivity index (χ1n) is 1.37. The second kappa shape index (κ2) is 1.30. The van der Waals surface area contributed by atoms with Gasteiger partial charge in [0.25, 0.3) is 0 Å². The molecule has 0 fully saturated rings. The minimum atomic E-state index is 0.273. The van der Waals surface area contributed by atoms with Crippen molar-refractivity contribution in [3.8, 4) is 0 Å². The zero-order valence-electron chi connectivity index (χ0n) is 2.81. The summed E-state index contributed by atoms with van der Waals surface area (Å²) in [6.07, 6.45) is 1.29. The lowest BCUT2D eigenvalue weighted by molar-refractivity contribution is 0.420. The third kappa shape index (κ3) is 0.518. The number of rotatable bonds is 0. The molecule has 0 spiro atoms. The molecule has 0 amide bonds. The van der Waals surface area contributed by atoms with Crippen LogP contribution in [0.5, 0.6) is 0 Å². The van der Waals surface area contributed by atoms with Crippen LogP contribution in [-0.2, 0) is 0 Å². The van der Waals surface area contributed by atoms with Crippen LogP contribution < -0.4 is 0 Å². The van der Waals surface area contributed by atoms with Crippen molar-refractivity contribution in [3.05, 3.63) is 17.5 Å². The van der Waals surface area contributed by atoms with Crippen LogP contribution in [0.15, 0.2) is 10.8 Å². The summed E-state index contributed by atoms with van der Waals surface area (Å²) in [6, 6.07) is 2.49. The molecule has 0 saturated carbocycles. The van der Waals surface area contributed by atoms with Crippen LogP contribution in [0.2, 0.25) is 5.15 Å². The van der Waals surface area contributed by atoms with E-state index in [4.69, 9.17) is 11.6 Å². The fraction of sp³-hybridized carbons (Fsp3) is 0.